The monoisotopic (exact) mass is 440 g/mol. The molecule has 1 aromatic rings. The molecule has 1 aromatic carbocycles. The van der Waals surface area contributed by atoms with Crippen LogP contribution in [-0.2, 0) is 14.3 Å². The standard InChI is InChI=1S/C17H17ClF4N2O5/c1-10(23-15(25)9-27-11-2-3-13(18)14(19)6-11)4-5-24-7-12(29-16(24)26)8-28-17(20,21)22/h2-3,6,12H,1,4-5,7-9H2,(H,23,25)/t12-/m1/s1. The van der Waals surface area contributed by atoms with Gasteiger partial charge in [-0.3, -0.25) is 9.53 Å². The third kappa shape index (κ3) is 7.78. The number of benzene rings is 1. The van der Waals surface area contributed by atoms with Crippen LogP contribution in [0.2, 0.25) is 5.02 Å². The predicted molar refractivity (Wildman–Crippen MR) is 92.7 cm³/mol. The molecule has 0 bridgehead atoms. The summed E-state index contributed by atoms with van der Waals surface area (Å²) in [5.74, 6) is -1.14. The summed E-state index contributed by atoms with van der Waals surface area (Å²) in [5, 5.41) is 2.36. The molecule has 0 spiro atoms. The Bertz CT molecular complexity index is 775. The molecule has 0 saturated carbocycles. The molecule has 1 fully saturated rings. The summed E-state index contributed by atoms with van der Waals surface area (Å²) < 4.78 is 62.9. The molecule has 160 valence electrons. The van der Waals surface area contributed by atoms with Crippen molar-refractivity contribution in [2.45, 2.75) is 18.9 Å². The Labute approximate surface area is 168 Å². The highest BCUT2D eigenvalue weighted by molar-refractivity contribution is 6.30. The summed E-state index contributed by atoms with van der Waals surface area (Å²) in [6.07, 6.45) is -6.49. The van der Waals surface area contributed by atoms with E-state index in [0.29, 0.717) is 0 Å². The van der Waals surface area contributed by atoms with Crippen molar-refractivity contribution < 1.29 is 41.4 Å². The average Bonchev–Trinajstić information content (AvgIpc) is 2.98. The van der Waals surface area contributed by atoms with E-state index in [9.17, 15) is 27.2 Å². The number of rotatable bonds is 9. The number of nitrogens with zero attached hydrogens (tertiary/aromatic N) is 1. The molecule has 1 atom stereocenters. The van der Waals surface area contributed by atoms with Gasteiger partial charge in [-0.2, -0.15) is 0 Å². The van der Waals surface area contributed by atoms with Crippen LogP contribution in [0.5, 0.6) is 5.75 Å². The zero-order valence-corrected chi connectivity index (χ0v) is 15.7. The second kappa shape index (κ2) is 9.79. The average molecular weight is 441 g/mol. The molecule has 2 rings (SSSR count). The summed E-state index contributed by atoms with van der Waals surface area (Å²) in [6.45, 7) is 2.41. The molecule has 2 amide bonds. The molecule has 0 aliphatic carbocycles. The first-order valence-electron chi connectivity index (χ1n) is 8.25. The SMILES string of the molecule is C=C(CCN1C[C@H](COC(F)(F)F)OC1=O)NC(=O)COc1ccc(Cl)c(F)c1. The van der Waals surface area contributed by atoms with Crippen molar-refractivity contribution in [1.29, 1.82) is 0 Å². The predicted octanol–water partition coefficient (Wildman–Crippen LogP) is 3.24. The lowest BCUT2D eigenvalue weighted by Gasteiger charge is -2.15. The summed E-state index contributed by atoms with van der Waals surface area (Å²) >= 11 is 5.54. The fourth-order valence-electron chi connectivity index (χ4n) is 2.31. The van der Waals surface area contributed by atoms with Gasteiger partial charge in [0.15, 0.2) is 6.61 Å². The largest absolute Gasteiger partial charge is 0.522 e. The van der Waals surface area contributed by atoms with Crippen LogP contribution in [0.25, 0.3) is 0 Å². The molecule has 0 unspecified atom stereocenters. The Kier molecular flexibility index (Phi) is 7.68. The number of hydrogen-bond acceptors (Lipinski definition) is 5. The van der Waals surface area contributed by atoms with Gasteiger partial charge in [-0.05, 0) is 12.1 Å². The fourth-order valence-corrected chi connectivity index (χ4v) is 2.43. The Morgan fingerprint density at radius 3 is 2.79 bits per heavy atom. The van der Waals surface area contributed by atoms with Crippen LogP contribution in [0.3, 0.4) is 0 Å². The number of hydrogen-bond donors (Lipinski definition) is 1. The summed E-state index contributed by atoms with van der Waals surface area (Å²) in [4.78, 5) is 24.6. The van der Waals surface area contributed by atoms with E-state index in [0.717, 1.165) is 6.07 Å². The summed E-state index contributed by atoms with van der Waals surface area (Å²) in [6, 6.07) is 3.71. The van der Waals surface area contributed by atoms with Gasteiger partial charge in [0.25, 0.3) is 5.91 Å². The van der Waals surface area contributed by atoms with Crippen LogP contribution in [-0.4, -0.2) is 55.7 Å². The van der Waals surface area contributed by atoms with Crippen molar-refractivity contribution in [3.05, 3.63) is 41.3 Å². The highest BCUT2D eigenvalue weighted by Gasteiger charge is 2.36. The number of halogens is 5. The molecule has 1 heterocycles. The first-order chi connectivity index (χ1) is 13.5. The molecule has 1 saturated heterocycles. The molecular weight excluding hydrogens is 424 g/mol. The number of ether oxygens (including phenoxy) is 3. The number of alkyl halides is 3. The lowest BCUT2D eigenvalue weighted by molar-refractivity contribution is -0.329. The van der Waals surface area contributed by atoms with Crippen LogP contribution >= 0.6 is 11.6 Å². The highest BCUT2D eigenvalue weighted by atomic mass is 35.5. The number of amides is 2. The van der Waals surface area contributed by atoms with Gasteiger partial charge in [0, 0.05) is 24.7 Å². The zero-order chi connectivity index (χ0) is 21.6. The third-order valence-corrected chi connectivity index (χ3v) is 3.95. The van der Waals surface area contributed by atoms with Crippen molar-refractivity contribution in [1.82, 2.24) is 10.2 Å². The molecule has 0 radical (unpaired) electrons. The summed E-state index contributed by atoms with van der Waals surface area (Å²) in [7, 11) is 0. The molecule has 1 aliphatic rings. The minimum Gasteiger partial charge on any atom is -0.484 e. The number of nitrogens with one attached hydrogen (secondary N) is 1. The van der Waals surface area contributed by atoms with Crippen molar-refractivity contribution >= 4 is 23.6 Å². The van der Waals surface area contributed by atoms with Gasteiger partial charge in [0.05, 0.1) is 18.2 Å². The second-order valence-electron chi connectivity index (χ2n) is 5.97. The second-order valence-corrected chi connectivity index (χ2v) is 6.38. The normalized spacial score (nSPS) is 16.5. The first kappa shape index (κ1) is 22.8. The van der Waals surface area contributed by atoms with E-state index < -0.39 is 43.5 Å². The van der Waals surface area contributed by atoms with Crippen LogP contribution in [0.4, 0.5) is 22.4 Å². The van der Waals surface area contributed by atoms with Crippen LogP contribution < -0.4 is 10.1 Å². The van der Waals surface area contributed by atoms with E-state index in [4.69, 9.17) is 21.1 Å². The highest BCUT2D eigenvalue weighted by Crippen LogP contribution is 2.21. The topological polar surface area (TPSA) is 77.1 Å². The molecule has 29 heavy (non-hydrogen) atoms. The van der Waals surface area contributed by atoms with Crippen molar-refractivity contribution in [2.75, 3.05) is 26.3 Å². The smallest absolute Gasteiger partial charge is 0.484 e. The first-order valence-corrected chi connectivity index (χ1v) is 8.63. The van der Waals surface area contributed by atoms with E-state index in [1.54, 1.807) is 0 Å². The number of carbonyl (C=O) groups excluding carboxylic acids is 2. The maximum Gasteiger partial charge on any atom is 0.522 e. The van der Waals surface area contributed by atoms with Crippen LogP contribution in [0.1, 0.15) is 6.42 Å². The maximum absolute atomic E-state index is 13.3. The van der Waals surface area contributed by atoms with Crippen LogP contribution in [0, 0.1) is 5.82 Å². The molecule has 1 N–H and O–H groups in total. The van der Waals surface area contributed by atoms with E-state index in [-0.39, 0.29) is 36.0 Å². The van der Waals surface area contributed by atoms with Gasteiger partial charge in [0.1, 0.15) is 17.7 Å². The molecule has 12 heteroatoms. The number of carbonyl (C=O) groups is 2. The summed E-state index contributed by atoms with van der Waals surface area (Å²) in [5.41, 5.74) is 0.253. The van der Waals surface area contributed by atoms with E-state index >= 15 is 0 Å². The van der Waals surface area contributed by atoms with Gasteiger partial charge in [0.2, 0.25) is 0 Å². The Morgan fingerprint density at radius 1 is 1.41 bits per heavy atom. The Morgan fingerprint density at radius 2 is 2.14 bits per heavy atom. The van der Waals surface area contributed by atoms with E-state index in [1.807, 2.05) is 0 Å². The van der Waals surface area contributed by atoms with Gasteiger partial charge in [-0.15, -0.1) is 13.2 Å². The lowest BCUT2D eigenvalue weighted by Crippen LogP contribution is -2.32. The molecule has 7 nitrogen and oxygen atoms in total. The lowest BCUT2D eigenvalue weighted by atomic mass is 10.3. The van der Waals surface area contributed by atoms with Gasteiger partial charge in [-0.1, -0.05) is 18.2 Å². The quantitative estimate of drug-likeness (QED) is 0.597. The molecular formula is C17H17ClF4N2O5. The molecule has 1 aliphatic heterocycles. The maximum atomic E-state index is 13.3. The minimum atomic E-state index is -4.81. The Balaban J connectivity index is 1.68. The van der Waals surface area contributed by atoms with Gasteiger partial charge >= 0.3 is 12.5 Å². The Hall–Kier alpha value is -2.53. The van der Waals surface area contributed by atoms with Crippen LogP contribution in [0.15, 0.2) is 30.5 Å². The van der Waals surface area contributed by atoms with E-state index in [1.165, 1.54) is 17.0 Å². The minimum absolute atomic E-state index is 0.0731. The van der Waals surface area contributed by atoms with Crippen molar-refractivity contribution in [3.63, 3.8) is 0 Å². The van der Waals surface area contributed by atoms with Crippen molar-refractivity contribution in [3.8, 4) is 5.75 Å². The van der Waals surface area contributed by atoms with Crippen molar-refractivity contribution in [2.24, 2.45) is 0 Å². The number of cyclic esters (lactones) is 1. The van der Waals surface area contributed by atoms with E-state index in [2.05, 4.69) is 16.6 Å². The van der Waals surface area contributed by atoms with Gasteiger partial charge < -0.3 is 19.7 Å². The fraction of sp³-hybridized carbons (Fsp3) is 0.412. The zero-order valence-electron chi connectivity index (χ0n) is 14.9. The van der Waals surface area contributed by atoms with Gasteiger partial charge in [-0.25, -0.2) is 9.18 Å². The third-order valence-electron chi connectivity index (χ3n) is 3.64. The molecule has 0 aromatic heterocycles.